The molecular weight excluding hydrogens is 340 g/mol. The van der Waals surface area contributed by atoms with Gasteiger partial charge in [-0.2, -0.15) is 0 Å². The summed E-state index contributed by atoms with van der Waals surface area (Å²) < 4.78 is 5.26. The summed E-state index contributed by atoms with van der Waals surface area (Å²) in [6.45, 7) is 2.08. The molecule has 2 heterocycles. The quantitative estimate of drug-likeness (QED) is 0.851. The minimum atomic E-state index is -0.679. The number of carbonyl (C=O) groups is 2. The van der Waals surface area contributed by atoms with Crippen molar-refractivity contribution in [2.75, 3.05) is 31.6 Å². The van der Waals surface area contributed by atoms with Gasteiger partial charge in [0.15, 0.2) is 5.13 Å². The number of morpholine rings is 1. The molecule has 1 aromatic carbocycles. The normalized spacial score (nSPS) is 15.4. The Balaban J connectivity index is 1.68. The molecule has 2 aromatic rings. The van der Waals surface area contributed by atoms with Gasteiger partial charge in [0.25, 0.3) is 0 Å². The molecule has 1 atom stereocenters. The molecule has 3 amide bonds. The number of hydrogen-bond acceptors (Lipinski definition) is 5. The lowest BCUT2D eigenvalue weighted by Crippen LogP contribution is -2.53. The molecule has 1 fully saturated rings. The Morgan fingerprint density at radius 3 is 2.68 bits per heavy atom. The molecule has 3 rings (SSSR count). The lowest BCUT2D eigenvalue weighted by molar-refractivity contribution is -0.118. The highest BCUT2D eigenvalue weighted by molar-refractivity contribution is 7.13. The second-order valence-electron chi connectivity index (χ2n) is 5.62. The molecule has 0 spiro atoms. The number of ether oxygens (including phenoxy) is 1. The van der Waals surface area contributed by atoms with Crippen LogP contribution in [-0.2, 0) is 16.0 Å². The van der Waals surface area contributed by atoms with E-state index in [0.29, 0.717) is 37.9 Å². The van der Waals surface area contributed by atoms with Crippen LogP contribution in [-0.4, -0.2) is 54.2 Å². The zero-order chi connectivity index (χ0) is 17.5. The molecule has 2 N–H and O–H groups in total. The average Bonchev–Trinajstić information content (AvgIpc) is 3.15. The van der Waals surface area contributed by atoms with E-state index in [1.165, 1.54) is 11.3 Å². The fourth-order valence-corrected chi connectivity index (χ4v) is 3.08. The maximum atomic E-state index is 12.6. The molecule has 1 saturated heterocycles. The van der Waals surface area contributed by atoms with Gasteiger partial charge in [0.05, 0.1) is 13.2 Å². The van der Waals surface area contributed by atoms with Gasteiger partial charge in [0.2, 0.25) is 5.91 Å². The van der Waals surface area contributed by atoms with Gasteiger partial charge in [-0.15, -0.1) is 11.3 Å². The molecule has 0 aliphatic carbocycles. The van der Waals surface area contributed by atoms with Gasteiger partial charge in [0.1, 0.15) is 6.04 Å². The maximum absolute atomic E-state index is 12.6. The molecule has 1 aromatic heterocycles. The lowest BCUT2D eigenvalue weighted by atomic mass is 10.1. The van der Waals surface area contributed by atoms with Crippen molar-refractivity contribution < 1.29 is 14.3 Å². The number of urea groups is 1. The largest absolute Gasteiger partial charge is 0.378 e. The summed E-state index contributed by atoms with van der Waals surface area (Å²) in [6, 6.07) is 8.68. The molecular formula is C17H20N4O3S. The van der Waals surface area contributed by atoms with Crippen LogP contribution in [0.3, 0.4) is 0 Å². The van der Waals surface area contributed by atoms with Crippen molar-refractivity contribution in [3.05, 3.63) is 47.5 Å². The molecule has 8 heteroatoms. The highest BCUT2D eigenvalue weighted by Gasteiger charge is 2.25. The van der Waals surface area contributed by atoms with E-state index < -0.39 is 6.04 Å². The van der Waals surface area contributed by atoms with Crippen LogP contribution in [0.2, 0.25) is 0 Å². The van der Waals surface area contributed by atoms with Crippen LogP contribution >= 0.6 is 11.3 Å². The van der Waals surface area contributed by atoms with Gasteiger partial charge in [-0.3, -0.25) is 4.79 Å². The first-order valence-electron chi connectivity index (χ1n) is 8.10. The first kappa shape index (κ1) is 17.4. The number of nitrogens with zero attached hydrogens (tertiary/aromatic N) is 2. The summed E-state index contributed by atoms with van der Waals surface area (Å²) in [7, 11) is 0. The number of thiazole rings is 1. The van der Waals surface area contributed by atoms with Crippen LogP contribution in [0.25, 0.3) is 0 Å². The van der Waals surface area contributed by atoms with E-state index in [9.17, 15) is 9.59 Å². The summed E-state index contributed by atoms with van der Waals surface area (Å²) in [6.07, 6.45) is 2.03. The Hall–Kier alpha value is -2.45. The summed E-state index contributed by atoms with van der Waals surface area (Å²) in [5, 5.41) is 7.91. The molecule has 0 bridgehead atoms. The van der Waals surface area contributed by atoms with Crippen molar-refractivity contribution in [1.82, 2.24) is 15.2 Å². The monoisotopic (exact) mass is 360 g/mol. The third kappa shape index (κ3) is 5.01. The highest BCUT2D eigenvalue weighted by atomic mass is 32.1. The number of aromatic nitrogens is 1. The first-order chi connectivity index (χ1) is 12.2. The van der Waals surface area contributed by atoms with Crippen molar-refractivity contribution >= 4 is 28.4 Å². The van der Waals surface area contributed by atoms with Crippen LogP contribution in [0.4, 0.5) is 9.93 Å². The Kier molecular flexibility index (Phi) is 5.97. The third-order valence-electron chi connectivity index (χ3n) is 3.86. The van der Waals surface area contributed by atoms with Gasteiger partial charge >= 0.3 is 6.03 Å². The molecule has 1 aliphatic heterocycles. The minimum Gasteiger partial charge on any atom is -0.378 e. The van der Waals surface area contributed by atoms with Crippen molar-refractivity contribution in [3.8, 4) is 0 Å². The summed E-state index contributed by atoms with van der Waals surface area (Å²) in [4.78, 5) is 30.8. The Bertz CT molecular complexity index is 687. The Morgan fingerprint density at radius 2 is 2.00 bits per heavy atom. The Labute approximate surface area is 150 Å². The van der Waals surface area contributed by atoms with Gasteiger partial charge in [0, 0.05) is 31.1 Å². The van der Waals surface area contributed by atoms with E-state index in [4.69, 9.17) is 4.74 Å². The summed E-state index contributed by atoms with van der Waals surface area (Å²) >= 11 is 1.34. The van der Waals surface area contributed by atoms with Gasteiger partial charge in [-0.25, -0.2) is 9.78 Å². The van der Waals surface area contributed by atoms with E-state index in [1.807, 2.05) is 30.3 Å². The van der Waals surface area contributed by atoms with Crippen LogP contribution < -0.4 is 10.6 Å². The van der Waals surface area contributed by atoms with Crippen LogP contribution in [0.5, 0.6) is 0 Å². The molecule has 0 saturated carbocycles. The lowest BCUT2D eigenvalue weighted by Gasteiger charge is -2.29. The van der Waals surface area contributed by atoms with Gasteiger partial charge < -0.3 is 20.3 Å². The second kappa shape index (κ2) is 8.59. The van der Waals surface area contributed by atoms with Crippen molar-refractivity contribution in [2.45, 2.75) is 12.5 Å². The topological polar surface area (TPSA) is 83.6 Å². The Morgan fingerprint density at radius 1 is 1.24 bits per heavy atom. The number of nitrogens with one attached hydrogen (secondary N) is 2. The zero-order valence-corrected chi connectivity index (χ0v) is 14.5. The zero-order valence-electron chi connectivity index (χ0n) is 13.7. The third-order valence-corrected chi connectivity index (χ3v) is 4.55. The number of amides is 3. The predicted molar refractivity (Wildman–Crippen MR) is 95.6 cm³/mol. The van der Waals surface area contributed by atoms with Gasteiger partial charge in [-0.1, -0.05) is 30.3 Å². The van der Waals surface area contributed by atoms with Crippen LogP contribution in [0, 0.1) is 0 Å². The van der Waals surface area contributed by atoms with E-state index in [2.05, 4.69) is 15.6 Å². The second-order valence-corrected chi connectivity index (χ2v) is 6.51. The fraction of sp³-hybridized carbons (Fsp3) is 0.353. The van der Waals surface area contributed by atoms with Crippen LogP contribution in [0.15, 0.2) is 41.9 Å². The first-order valence-corrected chi connectivity index (χ1v) is 8.98. The number of anilines is 1. The minimum absolute atomic E-state index is 0.251. The molecule has 1 aliphatic rings. The van der Waals surface area contributed by atoms with Crippen molar-refractivity contribution in [2.24, 2.45) is 0 Å². The van der Waals surface area contributed by atoms with Crippen molar-refractivity contribution in [1.29, 1.82) is 0 Å². The summed E-state index contributed by atoms with van der Waals surface area (Å²) in [5.74, 6) is -0.277. The van der Waals surface area contributed by atoms with E-state index >= 15 is 0 Å². The van der Waals surface area contributed by atoms with Crippen molar-refractivity contribution in [3.63, 3.8) is 0 Å². The number of rotatable bonds is 5. The number of hydrogen-bond donors (Lipinski definition) is 2. The summed E-state index contributed by atoms with van der Waals surface area (Å²) in [5.41, 5.74) is 0.976. The predicted octanol–water partition coefficient (Wildman–Crippen LogP) is 1.73. The molecule has 132 valence electrons. The molecule has 7 nitrogen and oxygen atoms in total. The average molecular weight is 360 g/mol. The molecule has 0 unspecified atom stereocenters. The van der Waals surface area contributed by atoms with Crippen LogP contribution in [0.1, 0.15) is 5.56 Å². The standard InChI is InChI=1S/C17H20N4O3S/c22-15(20-16-18-6-11-25-16)14(12-13-4-2-1-3-5-13)19-17(23)21-7-9-24-10-8-21/h1-6,11,14H,7-10,12H2,(H,19,23)(H,18,20,22)/t14-/m0/s1. The fourth-order valence-electron chi connectivity index (χ4n) is 2.54. The number of benzene rings is 1. The van der Waals surface area contributed by atoms with E-state index in [0.717, 1.165) is 5.56 Å². The number of carbonyl (C=O) groups excluding carboxylic acids is 2. The van der Waals surface area contributed by atoms with Gasteiger partial charge in [-0.05, 0) is 5.56 Å². The molecule has 0 radical (unpaired) electrons. The van der Waals surface area contributed by atoms with E-state index in [1.54, 1.807) is 16.5 Å². The SMILES string of the molecule is O=C(Nc1nccs1)[C@H](Cc1ccccc1)NC(=O)N1CCOCC1. The van der Waals surface area contributed by atoms with E-state index in [-0.39, 0.29) is 11.9 Å². The maximum Gasteiger partial charge on any atom is 0.318 e. The highest BCUT2D eigenvalue weighted by Crippen LogP contribution is 2.12. The molecule has 25 heavy (non-hydrogen) atoms. The smallest absolute Gasteiger partial charge is 0.318 e.